The van der Waals surface area contributed by atoms with E-state index in [0.29, 0.717) is 18.8 Å². The van der Waals surface area contributed by atoms with Crippen LogP contribution in [0, 0.1) is 10.1 Å². The molecule has 32 heavy (non-hydrogen) atoms. The van der Waals surface area contributed by atoms with Crippen LogP contribution in [0.1, 0.15) is 37.8 Å². The molecule has 2 rings (SSSR count). The molecule has 0 aliphatic heterocycles. The van der Waals surface area contributed by atoms with E-state index in [1.807, 2.05) is 24.3 Å². The Morgan fingerprint density at radius 2 is 1.91 bits per heavy atom. The molecule has 7 nitrogen and oxygen atoms in total. The van der Waals surface area contributed by atoms with E-state index in [0.717, 1.165) is 28.4 Å². The van der Waals surface area contributed by atoms with Crippen molar-refractivity contribution < 1.29 is 14.5 Å². The average molecular weight is 522 g/mol. The molecule has 0 aliphatic rings. The standard InChI is InChI=1S/C23H28BrN3O4S/c1-3-4-12-25-23(29)17(2)26(14-19-6-5-7-20(24)13-19)22(28)16-32-15-18-8-10-21(11-9-18)27(30)31/h5-11,13,17H,3-4,12,14-16H2,1-2H3,(H,25,29)/t17-/m1/s1. The zero-order valence-corrected chi connectivity index (χ0v) is 20.7. The van der Waals surface area contributed by atoms with Gasteiger partial charge in [-0.2, -0.15) is 0 Å². The predicted molar refractivity (Wildman–Crippen MR) is 131 cm³/mol. The van der Waals surface area contributed by atoms with Crippen molar-refractivity contribution in [2.45, 2.75) is 45.0 Å². The summed E-state index contributed by atoms with van der Waals surface area (Å²) in [6.07, 6.45) is 1.87. The Kier molecular flexibility index (Phi) is 10.7. The van der Waals surface area contributed by atoms with Crippen LogP contribution < -0.4 is 5.32 Å². The smallest absolute Gasteiger partial charge is 0.269 e. The van der Waals surface area contributed by atoms with Crippen molar-refractivity contribution in [1.29, 1.82) is 0 Å². The lowest BCUT2D eigenvalue weighted by molar-refractivity contribution is -0.384. The van der Waals surface area contributed by atoms with Gasteiger partial charge in [-0.1, -0.05) is 53.5 Å². The lowest BCUT2D eigenvalue weighted by Crippen LogP contribution is -2.48. The summed E-state index contributed by atoms with van der Waals surface area (Å²) < 4.78 is 0.912. The molecular formula is C23H28BrN3O4S. The van der Waals surface area contributed by atoms with E-state index in [9.17, 15) is 19.7 Å². The molecule has 0 saturated heterocycles. The van der Waals surface area contributed by atoms with Gasteiger partial charge in [0.05, 0.1) is 10.7 Å². The van der Waals surface area contributed by atoms with Gasteiger partial charge in [-0.15, -0.1) is 11.8 Å². The third-order valence-corrected chi connectivity index (χ3v) is 6.36. The molecule has 0 bridgehead atoms. The average Bonchev–Trinajstić information content (AvgIpc) is 2.77. The highest BCUT2D eigenvalue weighted by Crippen LogP contribution is 2.19. The van der Waals surface area contributed by atoms with E-state index in [-0.39, 0.29) is 23.3 Å². The first kappa shape index (κ1) is 25.9. The van der Waals surface area contributed by atoms with E-state index in [2.05, 4.69) is 28.2 Å². The van der Waals surface area contributed by atoms with Crippen molar-refractivity contribution >= 4 is 45.2 Å². The largest absolute Gasteiger partial charge is 0.354 e. The van der Waals surface area contributed by atoms with Gasteiger partial charge >= 0.3 is 0 Å². The van der Waals surface area contributed by atoms with Crippen LogP contribution in [0.3, 0.4) is 0 Å². The minimum atomic E-state index is -0.599. The summed E-state index contributed by atoms with van der Waals surface area (Å²) in [5.74, 6) is 0.459. The number of amides is 2. The normalized spacial score (nSPS) is 11.6. The quantitative estimate of drug-likeness (QED) is 0.243. The molecule has 2 aromatic rings. The fourth-order valence-corrected chi connectivity index (χ4v) is 4.32. The molecule has 0 fully saturated rings. The SMILES string of the molecule is CCCCNC(=O)[C@@H](C)N(Cc1cccc(Br)c1)C(=O)CSCc1ccc([N+](=O)[O-])cc1. The van der Waals surface area contributed by atoms with Gasteiger partial charge in [-0.25, -0.2) is 0 Å². The molecule has 0 heterocycles. The van der Waals surface area contributed by atoms with Crippen molar-refractivity contribution in [1.82, 2.24) is 10.2 Å². The zero-order valence-electron chi connectivity index (χ0n) is 18.3. The highest BCUT2D eigenvalue weighted by molar-refractivity contribution is 9.10. The zero-order chi connectivity index (χ0) is 23.5. The van der Waals surface area contributed by atoms with Crippen LogP contribution in [0.15, 0.2) is 53.0 Å². The Hall–Kier alpha value is -2.39. The van der Waals surface area contributed by atoms with Gasteiger partial charge in [0.15, 0.2) is 0 Å². The molecule has 0 spiro atoms. The number of nitro groups is 1. The first-order valence-corrected chi connectivity index (χ1v) is 12.4. The van der Waals surface area contributed by atoms with Gasteiger partial charge in [0, 0.05) is 35.4 Å². The monoisotopic (exact) mass is 521 g/mol. The van der Waals surface area contributed by atoms with Crippen LogP contribution in [0.25, 0.3) is 0 Å². The van der Waals surface area contributed by atoms with Gasteiger partial charge < -0.3 is 10.2 Å². The molecule has 172 valence electrons. The lowest BCUT2D eigenvalue weighted by atomic mass is 10.1. The number of nitrogens with zero attached hydrogens (tertiary/aromatic N) is 2. The van der Waals surface area contributed by atoms with Gasteiger partial charge in [0.2, 0.25) is 11.8 Å². The van der Waals surface area contributed by atoms with E-state index in [4.69, 9.17) is 0 Å². The van der Waals surface area contributed by atoms with Crippen molar-refractivity contribution in [2.24, 2.45) is 0 Å². The third kappa shape index (κ3) is 8.27. The number of nitrogens with one attached hydrogen (secondary N) is 1. The summed E-state index contributed by atoms with van der Waals surface area (Å²) in [6, 6.07) is 13.4. The van der Waals surface area contributed by atoms with Crippen LogP contribution in [-0.2, 0) is 21.9 Å². The van der Waals surface area contributed by atoms with E-state index in [1.165, 1.54) is 23.9 Å². The summed E-state index contributed by atoms with van der Waals surface area (Å²) in [4.78, 5) is 37.6. The molecule has 2 amide bonds. The maximum atomic E-state index is 13.1. The Morgan fingerprint density at radius 3 is 2.53 bits per heavy atom. The fraction of sp³-hybridized carbons (Fsp3) is 0.391. The number of non-ortho nitro benzene ring substituents is 1. The topological polar surface area (TPSA) is 92.6 Å². The summed E-state index contributed by atoms with van der Waals surface area (Å²) in [5.41, 5.74) is 1.87. The highest BCUT2D eigenvalue weighted by Gasteiger charge is 2.26. The van der Waals surface area contributed by atoms with Gasteiger partial charge in [-0.3, -0.25) is 19.7 Å². The van der Waals surface area contributed by atoms with Gasteiger partial charge in [0.1, 0.15) is 6.04 Å². The number of rotatable bonds is 12. The Bertz CT molecular complexity index is 924. The third-order valence-electron chi connectivity index (χ3n) is 4.88. The first-order valence-electron chi connectivity index (χ1n) is 10.4. The second kappa shape index (κ2) is 13.2. The van der Waals surface area contributed by atoms with E-state index in [1.54, 1.807) is 24.0 Å². The molecule has 9 heteroatoms. The number of benzene rings is 2. The molecule has 1 N–H and O–H groups in total. The van der Waals surface area contributed by atoms with Crippen molar-refractivity contribution in [2.75, 3.05) is 12.3 Å². The Labute approximate surface area is 201 Å². The van der Waals surface area contributed by atoms with Crippen molar-refractivity contribution in [3.8, 4) is 0 Å². The predicted octanol–water partition coefficient (Wildman–Crippen LogP) is 4.92. The number of hydrogen-bond acceptors (Lipinski definition) is 5. The molecule has 0 aromatic heterocycles. The number of hydrogen-bond donors (Lipinski definition) is 1. The molecule has 1 atom stereocenters. The number of unbranched alkanes of at least 4 members (excludes halogenated alkanes) is 1. The van der Waals surface area contributed by atoms with E-state index < -0.39 is 11.0 Å². The molecule has 0 radical (unpaired) electrons. The molecule has 0 aliphatic carbocycles. The maximum absolute atomic E-state index is 13.1. The molecule has 0 unspecified atom stereocenters. The number of nitro benzene ring substituents is 1. The number of carbonyl (C=O) groups is 2. The maximum Gasteiger partial charge on any atom is 0.269 e. The summed E-state index contributed by atoms with van der Waals surface area (Å²) in [7, 11) is 0. The van der Waals surface area contributed by atoms with Crippen LogP contribution in [0.5, 0.6) is 0 Å². The second-order valence-electron chi connectivity index (χ2n) is 7.39. The fourth-order valence-electron chi connectivity index (χ4n) is 3.00. The van der Waals surface area contributed by atoms with Crippen LogP contribution in [0.4, 0.5) is 5.69 Å². The van der Waals surface area contributed by atoms with Crippen LogP contribution >= 0.6 is 27.7 Å². The second-order valence-corrected chi connectivity index (χ2v) is 9.29. The van der Waals surface area contributed by atoms with Crippen molar-refractivity contribution in [3.05, 3.63) is 74.2 Å². The number of carbonyl (C=O) groups excluding carboxylic acids is 2. The Balaban J connectivity index is 2.03. The van der Waals surface area contributed by atoms with Crippen LogP contribution in [0.2, 0.25) is 0 Å². The Morgan fingerprint density at radius 1 is 1.19 bits per heavy atom. The van der Waals surface area contributed by atoms with Gasteiger partial charge in [0.25, 0.3) is 5.69 Å². The van der Waals surface area contributed by atoms with Gasteiger partial charge in [-0.05, 0) is 36.6 Å². The number of thioether (sulfide) groups is 1. The molecule has 2 aromatic carbocycles. The number of halogens is 1. The van der Waals surface area contributed by atoms with Crippen LogP contribution in [-0.4, -0.2) is 40.0 Å². The summed E-state index contributed by atoms with van der Waals surface area (Å²) in [6.45, 7) is 4.73. The lowest BCUT2D eigenvalue weighted by Gasteiger charge is -2.29. The highest BCUT2D eigenvalue weighted by atomic mass is 79.9. The minimum Gasteiger partial charge on any atom is -0.354 e. The summed E-state index contributed by atoms with van der Waals surface area (Å²) >= 11 is 4.87. The first-order chi connectivity index (χ1) is 15.3. The molecular weight excluding hydrogens is 494 g/mol. The summed E-state index contributed by atoms with van der Waals surface area (Å²) in [5, 5.41) is 13.7. The van der Waals surface area contributed by atoms with Crippen molar-refractivity contribution in [3.63, 3.8) is 0 Å². The molecule has 0 saturated carbocycles. The van der Waals surface area contributed by atoms with E-state index >= 15 is 0 Å². The minimum absolute atomic E-state index is 0.0398.